The number of thioether (sulfide) groups is 1. The number of amides is 2. The second-order valence-corrected chi connectivity index (χ2v) is 9.05. The van der Waals surface area contributed by atoms with Gasteiger partial charge in [0.25, 0.3) is 0 Å². The van der Waals surface area contributed by atoms with Gasteiger partial charge in [0, 0.05) is 16.8 Å². The number of nitrogens with zero attached hydrogens (tertiary/aromatic N) is 2. The fraction of sp³-hybridized carbons (Fsp3) is 0.227. The molecule has 2 aliphatic rings. The third kappa shape index (κ3) is 2.47. The minimum Gasteiger partial charge on any atom is -0.324 e. The minimum absolute atomic E-state index is 0.136. The topological polar surface area (TPSA) is 76.0 Å². The zero-order valence-corrected chi connectivity index (χ0v) is 17.1. The first-order valence-corrected chi connectivity index (χ1v) is 10.4. The molecule has 0 saturated heterocycles. The van der Waals surface area contributed by atoms with E-state index in [1.54, 1.807) is 4.68 Å². The van der Waals surface area contributed by atoms with Crippen molar-refractivity contribution in [1.29, 1.82) is 0 Å². The highest BCUT2D eigenvalue weighted by Gasteiger charge is 2.55. The van der Waals surface area contributed by atoms with Gasteiger partial charge in [0.05, 0.1) is 16.6 Å². The van der Waals surface area contributed by atoms with Crippen LogP contribution in [0.1, 0.15) is 29.3 Å². The molecule has 29 heavy (non-hydrogen) atoms. The largest absolute Gasteiger partial charge is 0.324 e. The Hall–Kier alpha value is -3.06. The van der Waals surface area contributed by atoms with Crippen LogP contribution in [0.15, 0.2) is 48.5 Å². The molecule has 0 saturated carbocycles. The van der Waals surface area contributed by atoms with Crippen LogP contribution in [-0.2, 0) is 14.3 Å². The van der Waals surface area contributed by atoms with Crippen molar-refractivity contribution >= 4 is 35.1 Å². The van der Waals surface area contributed by atoms with Crippen LogP contribution in [0, 0.1) is 13.8 Å². The van der Waals surface area contributed by atoms with Gasteiger partial charge in [0.15, 0.2) is 4.75 Å². The van der Waals surface area contributed by atoms with Crippen molar-refractivity contribution < 1.29 is 9.59 Å². The van der Waals surface area contributed by atoms with Crippen molar-refractivity contribution in [1.82, 2.24) is 9.78 Å². The van der Waals surface area contributed by atoms with Crippen LogP contribution in [0.5, 0.6) is 0 Å². The minimum atomic E-state index is -1.04. The molecule has 0 radical (unpaired) electrons. The molecule has 0 fully saturated rings. The zero-order chi connectivity index (χ0) is 20.3. The first kappa shape index (κ1) is 18.0. The van der Waals surface area contributed by atoms with Gasteiger partial charge in [-0.05, 0) is 39.0 Å². The van der Waals surface area contributed by atoms with Gasteiger partial charge in [-0.1, -0.05) is 35.9 Å². The van der Waals surface area contributed by atoms with Crippen molar-refractivity contribution in [3.8, 4) is 5.69 Å². The molecular formula is C22H20N4O2S. The number of carbonyl (C=O) groups is 2. The molecular weight excluding hydrogens is 384 g/mol. The van der Waals surface area contributed by atoms with E-state index in [0.29, 0.717) is 5.82 Å². The van der Waals surface area contributed by atoms with E-state index in [1.807, 2.05) is 69.3 Å². The number of para-hydroxylation sites is 1. The van der Waals surface area contributed by atoms with Crippen molar-refractivity contribution in [3.63, 3.8) is 0 Å². The summed E-state index contributed by atoms with van der Waals surface area (Å²) in [5.74, 6) is 0.280. The lowest BCUT2D eigenvalue weighted by atomic mass is 9.90. The zero-order valence-electron chi connectivity index (χ0n) is 16.3. The number of nitrogens with one attached hydrogen (secondary N) is 2. The van der Waals surface area contributed by atoms with Gasteiger partial charge in [-0.15, -0.1) is 11.8 Å². The van der Waals surface area contributed by atoms with Gasteiger partial charge in [-0.2, -0.15) is 5.10 Å². The summed E-state index contributed by atoms with van der Waals surface area (Å²) < 4.78 is 0.691. The number of anilines is 2. The van der Waals surface area contributed by atoms with E-state index in [2.05, 4.69) is 10.6 Å². The van der Waals surface area contributed by atoms with Crippen LogP contribution in [0.4, 0.5) is 11.5 Å². The average Bonchev–Trinajstić information content (AvgIpc) is 3.12. The van der Waals surface area contributed by atoms with Crippen LogP contribution in [0.3, 0.4) is 0 Å². The van der Waals surface area contributed by atoms with Crippen molar-refractivity contribution in [3.05, 3.63) is 70.9 Å². The summed E-state index contributed by atoms with van der Waals surface area (Å²) in [6.07, 6.45) is 0. The van der Waals surface area contributed by atoms with E-state index in [1.165, 1.54) is 11.8 Å². The molecule has 3 heterocycles. The first-order chi connectivity index (χ1) is 13.9. The first-order valence-electron chi connectivity index (χ1n) is 9.48. The Kier molecular flexibility index (Phi) is 3.86. The lowest BCUT2D eigenvalue weighted by molar-refractivity contribution is -0.117. The van der Waals surface area contributed by atoms with Gasteiger partial charge in [0.1, 0.15) is 5.82 Å². The Morgan fingerprint density at radius 3 is 2.59 bits per heavy atom. The molecule has 2 aliphatic heterocycles. The maximum Gasteiger partial charge on any atom is 0.250 e. The molecule has 2 amide bonds. The second kappa shape index (κ2) is 6.22. The molecule has 1 spiro atoms. The average molecular weight is 404 g/mol. The van der Waals surface area contributed by atoms with E-state index in [4.69, 9.17) is 5.10 Å². The highest BCUT2D eigenvalue weighted by molar-refractivity contribution is 8.02. The molecule has 5 rings (SSSR count). The molecule has 7 heteroatoms. The SMILES string of the molecule is Cc1ccc2c(c1)C1(SC(C)C(=O)Nc3c1c(C)nn3-c1ccccc1)C(=O)N2. The van der Waals surface area contributed by atoms with Gasteiger partial charge in [0.2, 0.25) is 11.8 Å². The normalized spacial score (nSPS) is 22.7. The highest BCUT2D eigenvalue weighted by Crippen LogP contribution is 2.56. The third-order valence-electron chi connectivity index (χ3n) is 5.50. The number of aromatic nitrogens is 2. The molecule has 2 unspecified atom stereocenters. The van der Waals surface area contributed by atoms with Crippen LogP contribution in [-0.4, -0.2) is 26.8 Å². The smallest absolute Gasteiger partial charge is 0.250 e. The van der Waals surface area contributed by atoms with E-state index in [0.717, 1.165) is 33.8 Å². The Morgan fingerprint density at radius 2 is 1.83 bits per heavy atom. The summed E-state index contributed by atoms with van der Waals surface area (Å²) in [6, 6.07) is 15.6. The maximum absolute atomic E-state index is 13.5. The summed E-state index contributed by atoms with van der Waals surface area (Å²) in [4.78, 5) is 26.4. The molecule has 0 aliphatic carbocycles. The second-order valence-electron chi connectivity index (χ2n) is 7.49. The number of aryl methyl sites for hydroxylation is 2. The lowest BCUT2D eigenvalue weighted by Gasteiger charge is -2.27. The fourth-order valence-electron chi connectivity index (χ4n) is 4.17. The maximum atomic E-state index is 13.5. The van der Waals surface area contributed by atoms with Crippen molar-refractivity contribution in [2.75, 3.05) is 10.6 Å². The molecule has 2 N–H and O–H groups in total. The number of benzene rings is 2. The monoisotopic (exact) mass is 404 g/mol. The summed E-state index contributed by atoms with van der Waals surface area (Å²) in [5, 5.41) is 10.4. The van der Waals surface area contributed by atoms with E-state index < -0.39 is 10.00 Å². The summed E-state index contributed by atoms with van der Waals surface area (Å²) >= 11 is 1.37. The van der Waals surface area contributed by atoms with Gasteiger partial charge >= 0.3 is 0 Å². The van der Waals surface area contributed by atoms with Crippen LogP contribution >= 0.6 is 11.8 Å². The van der Waals surface area contributed by atoms with Gasteiger partial charge in [-0.25, -0.2) is 4.68 Å². The van der Waals surface area contributed by atoms with E-state index in [9.17, 15) is 9.59 Å². The van der Waals surface area contributed by atoms with Crippen molar-refractivity contribution in [2.24, 2.45) is 0 Å². The summed E-state index contributed by atoms with van der Waals surface area (Å²) in [6.45, 7) is 5.74. The number of rotatable bonds is 1. The highest BCUT2D eigenvalue weighted by atomic mass is 32.2. The van der Waals surface area contributed by atoms with E-state index >= 15 is 0 Å². The van der Waals surface area contributed by atoms with Crippen LogP contribution < -0.4 is 10.6 Å². The number of hydrogen-bond donors (Lipinski definition) is 2. The molecule has 146 valence electrons. The lowest BCUT2D eigenvalue weighted by Crippen LogP contribution is -2.34. The van der Waals surface area contributed by atoms with Gasteiger partial charge in [-0.3, -0.25) is 9.59 Å². The number of hydrogen-bond acceptors (Lipinski definition) is 4. The predicted octanol–water partition coefficient (Wildman–Crippen LogP) is 3.76. The Morgan fingerprint density at radius 1 is 1.07 bits per heavy atom. The van der Waals surface area contributed by atoms with Crippen LogP contribution in [0.25, 0.3) is 5.69 Å². The fourth-order valence-corrected chi connectivity index (χ4v) is 5.68. The molecule has 0 bridgehead atoms. The summed E-state index contributed by atoms with van der Waals surface area (Å²) in [5.41, 5.74) is 5.02. The summed E-state index contributed by atoms with van der Waals surface area (Å²) in [7, 11) is 0. The van der Waals surface area contributed by atoms with Gasteiger partial charge < -0.3 is 10.6 Å². The van der Waals surface area contributed by atoms with E-state index in [-0.39, 0.29) is 11.8 Å². The Labute approximate surface area is 172 Å². The third-order valence-corrected chi connectivity index (χ3v) is 7.03. The van der Waals surface area contributed by atoms with Crippen molar-refractivity contribution in [2.45, 2.75) is 30.8 Å². The Balaban J connectivity index is 1.85. The molecule has 1 aromatic heterocycles. The Bertz CT molecular complexity index is 1170. The molecule has 3 aromatic rings. The molecule has 2 aromatic carbocycles. The molecule has 6 nitrogen and oxygen atoms in total. The number of fused-ring (bicyclic) bond motifs is 4. The number of carbonyl (C=O) groups excluding carboxylic acids is 2. The van der Waals surface area contributed by atoms with Crippen LogP contribution in [0.2, 0.25) is 0 Å². The standard InChI is InChI=1S/C22H20N4O2S/c1-12-9-10-17-16(11-12)22(21(28)23-17)18-13(2)25-26(15-7-5-4-6-8-15)19(18)24-20(27)14(3)29-22/h4-11,14H,1-3H3,(H,23,28)(H,24,27). The quantitative estimate of drug-likeness (QED) is 0.648. The predicted molar refractivity (Wildman–Crippen MR) is 115 cm³/mol. The molecule has 2 atom stereocenters.